The number of aliphatic hydroxyl groups excluding tert-OH is 1. The Bertz CT molecular complexity index is 525. The predicted molar refractivity (Wildman–Crippen MR) is 77.7 cm³/mol. The number of hydrogen-bond donors (Lipinski definition) is 1. The van der Waals surface area contributed by atoms with Crippen LogP contribution in [0.1, 0.15) is 18.6 Å². The van der Waals surface area contributed by atoms with E-state index in [-0.39, 0.29) is 25.6 Å². The van der Waals surface area contributed by atoms with E-state index in [0.29, 0.717) is 0 Å². The molecular weight excluding hydrogens is 303 g/mol. The van der Waals surface area contributed by atoms with Gasteiger partial charge in [0.25, 0.3) is 0 Å². The maximum absolute atomic E-state index is 11.8. The van der Waals surface area contributed by atoms with Gasteiger partial charge in [0.1, 0.15) is 0 Å². The third-order valence-electron chi connectivity index (χ3n) is 2.83. The van der Waals surface area contributed by atoms with Gasteiger partial charge >= 0.3 is 119 Å². The van der Waals surface area contributed by atoms with Crippen LogP contribution in [-0.4, -0.2) is 25.8 Å². The molecule has 0 bridgehead atoms. The Morgan fingerprint density at radius 1 is 1.00 bits per heavy atom. The molecule has 0 spiro atoms. The van der Waals surface area contributed by atoms with E-state index in [0.717, 1.165) is 10.0 Å². The summed E-state index contributed by atoms with van der Waals surface area (Å²) in [5, 5.41) is 10.4. The maximum atomic E-state index is 11.8. The molecule has 3 heteroatoms. The van der Waals surface area contributed by atoms with Crippen LogP contribution >= 0.6 is 0 Å². The Morgan fingerprint density at radius 2 is 1.53 bits per heavy atom. The van der Waals surface area contributed by atoms with E-state index in [9.17, 15) is 9.90 Å². The summed E-state index contributed by atoms with van der Waals surface area (Å²) in [4.78, 5) is 11.5. The van der Waals surface area contributed by atoms with Crippen molar-refractivity contribution in [2.75, 3.05) is 0 Å². The Hall–Kier alpha value is -1.41. The number of rotatable bonds is 5. The second-order valence-corrected chi connectivity index (χ2v) is 6.87. The minimum absolute atomic E-state index is 0.0419. The standard InChI is InChI=1S/C16H16O2Se/c1-12(17)16(19-14-10-6-3-7-11-14)15(18)13-8-4-2-5-9-13/h2-11,15-16,18H,1H3/t15-,16-/m1/s1. The third-order valence-corrected chi connectivity index (χ3v) is 5.75. The molecule has 2 nitrogen and oxygen atoms in total. The summed E-state index contributed by atoms with van der Waals surface area (Å²) in [5.41, 5.74) is 0.806. The summed E-state index contributed by atoms with van der Waals surface area (Å²) in [6, 6.07) is 19.3. The van der Waals surface area contributed by atoms with Crippen molar-refractivity contribution in [1.82, 2.24) is 0 Å². The molecule has 0 aliphatic heterocycles. The fourth-order valence-corrected chi connectivity index (χ4v) is 4.06. The number of carbonyl (C=O) groups excluding carboxylic acids is 1. The zero-order valence-corrected chi connectivity index (χ0v) is 12.4. The average Bonchev–Trinajstić information content (AvgIpc) is 2.46. The van der Waals surface area contributed by atoms with E-state index in [1.807, 2.05) is 60.7 Å². The molecule has 0 heterocycles. The Labute approximate surface area is 119 Å². The van der Waals surface area contributed by atoms with Crippen molar-refractivity contribution < 1.29 is 9.90 Å². The summed E-state index contributed by atoms with van der Waals surface area (Å²) in [6.45, 7) is 1.56. The van der Waals surface area contributed by atoms with Crippen molar-refractivity contribution in [2.45, 2.75) is 17.8 Å². The number of Topliss-reactive ketones (excluding diaryl/α,β-unsaturated/α-hetero) is 1. The van der Waals surface area contributed by atoms with Gasteiger partial charge in [-0.1, -0.05) is 0 Å². The molecule has 0 saturated heterocycles. The molecule has 2 aromatic rings. The van der Waals surface area contributed by atoms with Crippen LogP contribution in [0.25, 0.3) is 0 Å². The number of benzene rings is 2. The quantitative estimate of drug-likeness (QED) is 0.857. The van der Waals surface area contributed by atoms with Gasteiger partial charge in [-0.15, -0.1) is 0 Å². The van der Waals surface area contributed by atoms with E-state index in [1.165, 1.54) is 0 Å². The van der Waals surface area contributed by atoms with Gasteiger partial charge in [-0.25, -0.2) is 0 Å². The number of aliphatic hydroxyl groups is 1. The molecular formula is C16H16O2Se. The van der Waals surface area contributed by atoms with Crippen LogP contribution in [-0.2, 0) is 4.79 Å². The first-order valence-electron chi connectivity index (χ1n) is 6.13. The second kappa shape index (κ2) is 6.67. The SMILES string of the molecule is CC(=O)[C@@H]([Se]c1ccccc1)[C@H](O)c1ccccc1. The Kier molecular flexibility index (Phi) is 4.92. The molecule has 2 atom stereocenters. The third kappa shape index (κ3) is 3.77. The van der Waals surface area contributed by atoms with E-state index >= 15 is 0 Å². The van der Waals surface area contributed by atoms with Gasteiger partial charge in [0.05, 0.1) is 0 Å². The van der Waals surface area contributed by atoms with Gasteiger partial charge in [-0.3, -0.25) is 0 Å². The van der Waals surface area contributed by atoms with Gasteiger partial charge < -0.3 is 0 Å². The summed E-state index contributed by atoms with van der Waals surface area (Å²) < 4.78 is 1.13. The van der Waals surface area contributed by atoms with E-state index in [2.05, 4.69) is 0 Å². The molecule has 0 aromatic heterocycles. The van der Waals surface area contributed by atoms with Crippen molar-refractivity contribution in [3.8, 4) is 0 Å². The van der Waals surface area contributed by atoms with Crippen LogP contribution in [0.15, 0.2) is 60.7 Å². The van der Waals surface area contributed by atoms with Crippen molar-refractivity contribution in [1.29, 1.82) is 0 Å². The minimum atomic E-state index is -0.723. The summed E-state index contributed by atoms with van der Waals surface area (Å²) in [5.74, 6) is 0.0419. The summed E-state index contributed by atoms with van der Waals surface area (Å²) in [6.07, 6.45) is -0.723. The first-order chi connectivity index (χ1) is 9.18. The molecule has 0 aliphatic rings. The van der Waals surface area contributed by atoms with Crippen LogP contribution in [0, 0.1) is 0 Å². The first kappa shape index (κ1) is 14.0. The molecule has 0 radical (unpaired) electrons. The second-order valence-electron chi connectivity index (χ2n) is 4.32. The van der Waals surface area contributed by atoms with Gasteiger partial charge in [-0.2, -0.15) is 0 Å². The fourth-order valence-electron chi connectivity index (χ4n) is 1.84. The molecule has 2 rings (SSSR count). The molecule has 0 saturated carbocycles. The monoisotopic (exact) mass is 320 g/mol. The molecule has 0 amide bonds. The van der Waals surface area contributed by atoms with Crippen LogP contribution in [0.4, 0.5) is 0 Å². The van der Waals surface area contributed by atoms with Crippen LogP contribution < -0.4 is 4.46 Å². The van der Waals surface area contributed by atoms with Gasteiger partial charge in [0, 0.05) is 0 Å². The molecule has 2 aromatic carbocycles. The van der Waals surface area contributed by atoms with Gasteiger partial charge in [0.2, 0.25) is 0 Å². The van der Waals surface area contributed by atoms with Crippen molar-refractivity contribution in [3.05, 3.63) is 66.2 Å². The van der Waals surface area contributed by atoms with E-state index in [1.54, 1.807) is 6.92 Å². The zero-order chi connectivity index (χ0) is 13.7. The summed E-state index contributed by atoms with van der Waals surface area (Å²) in [7, 11) is 0. The normalized spacial score (nSPS) is 13.8. The van der Waals surface area contributed by atoms with Crippen LogP contribution in [0.5, 0.6) is 0 Å². The number of carbonyl (C=O) groups is 1. The number of ketones is 1. The van der Waals surface area contributed by atoms with E-state index < -0.39 is 6.10 Å². The zero-order valence-electron chi connectivity index (χ0n) is 10.7. The van der Waals surface area contributed by atoms with Crippen molar-refractivity contribution >= 4 is 25.2 Å². The molecule has 0 aliphatic carbocycles. The van der Waals surface area contributed by atoms with Crippen LogP contribution in [0.2, 0.25) is 4.82 Å². The number of hydrogen-bond acceptors (Lipinski definition) is 2. The molecule has 1 N–H and O–H groups in total. The molecule has 0 fully saturated rings. The van der Waals surface area contributed by atoms with Crippen molar-refractivity contribution in [2.24, 2.45) is 0 Å². The van der Waals surface area contributed by atoms with Crippen LogP contribution in [0.3, 0.4) is 0 Å². The Balaban J connectivity index is 2.19. The average molecular weight is 319 g/mol. The predicted octanol–water partition coefficient (Wildman–Crippen LogP) is 2.13. The summed E-state index contributed by atoms with van der Waals surface area (Å²) >= 11 is -0.0671. The van der Waals surface area contributed by atoms with Crippen molar-refractivity contribution in [3.63, 3.8) is 0 Å². The van der Waals surface area contributed by atoms with E-state index in [4.69, 9.17) is 0 Å². The fraction of sp³-hybridized carbons (Fsp3) is 0.188. The Morgan fingerprint density at radius 3 is 2.05 bits per heavy atom. The molecule has 19 heavy (non-hydrogen) atoms. The molecule has 98 valence electrons. The topological polar surface area (TPSA) is 37.3 Å². The molecule has 0 unspecified atom stereocenters. The first-order valence-corrected chi connectivity index (χ1v) is 7.98. The van der Waals surface area contributed by atoms with Gasteiger partial charge in [0.15, 0.2) is 0 Å². The van der Waals surface area contributed by atoms with Gasteiger partial charge in [-0.05, 0) is 0 Å².